The number of piperidine rings is 1. The van der Waals surface area contributed by atoms with Crippen LogP contribution in [0.4, 0.5) is 0 Å². The highest BCUT2D eigenvalue weighted by molar-refractivity contribution is 5.48. The standard InChI is InChI=1S/C20H30NO2/c1-3-4-5-6-7-16(2)23-17-8-9-19-18(14-17)20(15-22-19)10-12-21-13-11-20/h8-9,14,16H,3-7,10-13,15H2,1-2H3. The lowest BCUT2D eigenvalue weighted by Crippen LogP contribution is -2.38. The van der Waals surface area contributed by atoms with Crippen LogP contribution in [0, 0.1) is 0 Å². The maximum absolute atomic E-state index is 6.17. The lowest BCUT2D eigenvalue weighted by molar-refractivity contribution is 0.205. The van der Waals surface area contributed by atoms with Crippen molar-refractivity contribution in [3.63, 3.8) is 0 Å². The molecule has 0 amide bonds. The van der Waals surface area contributed by atoms with Gasteiger partial charge < -0.3 is 9.47 Å². The summed E-state index contributed by atoms with van der Waals surface area (Å²) < 4.78 is 12.1. The first kappa shape index (κ1) is 16.6. The van der Waals surface area contributed by atoms with Crippen molar-refractivity contribution in [2.24, 2.45) is 0 Å². The Labute approximate surface area is 140 Å². The summed E-state index contributed by atoms with van der Waals surface area (Å²) in [6, 6.07) is 6.39. The Bertz CT molecular complexity index is 503. The van der Waals surface area contributed by atoms with Crippen molar-refractivity contribution < 1.29 is 9.47 Å². The molecular formula is C20H30NO2. The van der Waals surface area contributed by atoms with Crippen LogP contribution in [-0.4, -0.2) is 25.8 Å². The quantitative estimate of drug-likeness (QED) is 0.696. The Hall–Kier alpha value is -1.22. The predicted octanol–water partition coefficient (Wildman–Crippen LogP) is 4.45. The second kappa shape index (κ2) is 7.57. The number of rotatable bonds is 7. The van der Waals surface area contributed by atoms with Crippen molar-refractivity contribution in [2.45, 2.75) is 70.3 Å². The molecule has 0 aliphatic carbocycles. The van der Waals surface area contributed by atoms with Gasteiger partial charge in [0.25, 0.3) is 0 Å². The van der Waals surface area contributed by atoms with E-state index in [1.807, 2.05) is 0 Å². The predicted molar refractivity (Wildman–Crippen MR) is 93.6 cm³/mol. The van der Waals surface area contributed by atoms with E-state index in [4.69, 9.17) is 9.47 Å². The average molecular weight is 316 g/mol. The molecule has 1 aromatic carbocycles. The Morgan fingerprint density at radius 2 is 2.04 bits per heavy atom. The van der Waals surface area contributed by atoms with Gasteiger partial charge >= 0.3 is 0 Å². The molecule has 2 heterocycles. The van der Waals surface area contributed by atoms with Gasteiger partial charge in [-0.15, -0.1) is 0 Å². The van der Waals surface area contributed by atoms with E-state index in [1.54, 1.807) is 0 Å². The summed E-state index contributed by atoms with van der Waals surface area (Å²) in [7, 11) is 0. The number of ether oxygens (including phenoxy) is 2. The van der Waals surface area contributed by atoms with E-state index in [-0.39, 0.29) is 11.5 Å². The van der Waals surface area contributed by atoms with E-state index in [0.29, 0.717) is 0 Å². The SMILES string of the molecule is CCCCCCC(C)Oc1ccc2c(c1)C1(CC[N]CC1)CO2. The summed E-state index contributed by atoms with van der Waals surface area (Å²) in [5, 5.41) is 4.50. The fraction of sp³-hybridized carbons (Fsp3) is 0.700. The molecule has 1 atom stereocenters. The molecule has 3 rings (SSSR count). The molecule has 127 valence electrons. The van der Waals surface area contributed by atoms with Gasteiger partial charge in [0, 0.05) is 24.1 Å². The Morgan fingerprint density at radius 3 is 2.83 bits per heavy atom. The van der Waals surface area contributed by atoms with Crippen LogP contribution in [-0.2, 0) is 5.41 Å². The molecule has 2 aliphatic heterocycles. The third-order valence-electron chi connectivity index (χ3n) is 5.32. The zero-order valence-electron chi connectivity index (χ0n) is 14.6. The molecule has 0 aromatic heterocycles. The van der Waals surface area contributed by atoms with E-state index in [1.165, 1.54) is 31.2 Å². The van der Waals surface area contributed by atoms with Crippen LogP contribution in [0.1, 0.15) is 64.4 Å². The first-order chi connectivity index (χ1) is 11.2. The summed E-state index contributed by atoms with van der Waals surface area (Å²) in [6.07, 6.45) is 8.82. The average Bonchev–Trinajstić information content (AvgIpc) is 2.90. The van der Waals surface area contributed by atoms with Crippen molar-refractivity contribution in [2.75, 3.05) is 19.7 Å². The van der Waals surface area contributed by atoms with Gasteiger partial charge in [-0.2, -0.15) is 0 Å². The summed E-state index contributed by atoms with van der Waals surface area (Å²) >= 11 is 0. The molecular weight excluding hydrogens is 286 g/mol. The molecule has 3 heteroatoms. The second-order valence-corrected chi connectivity index (χ2v) is 7.18. The number of nitrogens with zero attached hydrogens (tertiary/aromatic N) is 1. The molecule has 0 N–H and O–H groups in total. The van der Waals surface area contributed by atoms with E-state index < -0.39 is 0 Å². The Kier molecular flexibility index (Phi) is 5.47. The molecule has 0 saturated carbocycles. The molecule has 0 bridgehead atoms. The molecule has 1 unspecified atom stereocenters. The van der Waals surface area contributed by atoms with Crippen LogP contribution in [0.15, 0.2) is 18.2 Å². The molecule has 3 nitrogen and oxygen atoms in total. The van der Waals surface area contributed by atoms with Gasteiger partial charge in [0.15, 0.2) is 0 Å². The van der Waals surface area contributed by atoms with E-state index in [2.05, 4.69) is 37.4 Å². The lowest BCUT2D eigenvalue weighted by atomic mass is 9.75. The van der Waals surface area contributed by atoms with Crippen LogP contribution in [0.25, 0.3) is 0 Å². The van der Waals surface area contributed by atoms with Gasteiger partial charge in [0.1, 0.15) is 11.5 Å². The highest BCUT2D eigenvalue weighted by Crippen LogP contribution is 2.46. The van der Waals surface area contributed by atoms with Crippen LogP contribution in [0.5, 0.6) is 11.5 Å². The maximum atomic E-state index is 6.17. The third-order valence-corrected chi connectivity index (χ3v) is 5.32. The van der Waals surface area contributed by atoms with Crippen LogP contribution >= 0.6 is 0 Å². The monoisotopic (exact) mass is 316 g/mol. The topological polar surface area (TPSA) is 32.6 Å². The van der Waals surface area contributed by atoms with Crippen molar-refractivity contribution >= 4 is 0 Å². The Morgan fingerprint density at radius 1 is 1.22 bits per heavy atom. The van der Waals surface area contributed by atoms with Gasteiger partial charge in [-0.05, 0) is 50.8 Å². The first-order valence-electron chi connectivity index (χ1n) is 9.31. The Balaban J connectivity index is 1.63. The summed E-state index contributed by atoms with van der Waals surface area (Å²) in [4.78, 5) is 0. The number of benzene rings is 1. The van der Waals surface area contributed by atoms with Crippen LogP contribution < -0.4 is 14.8 Å². The zero-order valence-corrected chi connectivity index (χ0v) is 14.6. The molecule has 1 aromatic rings. The van der Waals surface area contributed by atoms with Crippen molar-refractivity contribution in [1.82, 2.24) is 5.32 Å². The van der Waals surface area contributed by atoms with Crippen molar-refractivity contribution in [3.8, 4) is 11.5 Å². The van der Waals surface area contributed by atoms with Gasteiger partial charge in [-0.25, -0.2) is 5.32 Å². The molecule has 1 saturated heterocycles. The largest absolute Gasteiger partial charge is 0.492 e. The molecule has 2 aliphatic rings. The fourth-order valence-electron chi connectivity index (χ4n) is 3.80. The number of hydrogen-bond acceptors (Lipinski definition) is 2. The molecule has 1 radical (unpaired) electrons. The molecule has 1 fully saturated rings. The fourth-order valence-corrected chi connectivity index (χ4v) is 3.80. The zero-order chi connectivity index (χ0) is 16.1. The van der Waals surface area contributed by atoms with Crippen molar-refractivity contribution in [1.29, 1.82) is 0 Å². The van der Waals surface area contributed by atoms with Crippen molar-refractivity contribution in [3.05, 3.63) is 23.8 Å². The van der Waals surface area contributed by atoms with E-state index >= 15 is 0 Å². The maximum Gasteiger partial charge on any atom is 0.123 e. The number of unbranched alkanes of at least 4 members (excludes halogenated alkanes) is 3. The van der Waals surface area contributed by atoms with Gasteiger partial charge in [-0.3, -0.25) is 0 Å². The number of hydrogen-bond donors (Lipinski definition) is 0. The van der Waals surface area contributed by atoms with Gasteiger partial charge in [0.05, 0.1) is 12.7 Å². The molecule has 1 spiro atoms. The summed E-state index contributed by atoms with van der Waals surface area (Å²) in [5.41, 5.74) is 1.53. The van der Waals surface area contributed by atoms with Gasteiger partial charge in [0.2, 0.25) is 0 Å². The first-order valence-corrected chi connectivity index (χ1v) is 9.31. The van der Waals surface area contributed by atoms with E-state index in [9.17, 15) is 0 Å². The highest BCUT2D eigenvalue weighted by atomic mass is 16.5. The summed E-state index contributed by atoms with van der Waals surface area (Å²) in [6.45, 7) is 7.17. The van der Waals surface area contributed by atoms with Crippen LogP contribution in [0.3, 0.4) is 0 Å². The number of fused-ring (bicyclic) bond motifs is 2. The van der Waals surface area contributed by atoms with E-state index in [0.717, 1.165) is 50.5 Å². The third kappa shape index (κ3) is 3.82. The minimum atomic E-state index is 0.181. The minimum Gasteiger partial charge on any atom is -0.492 e. The normalized spacial score (nSPS) is 20.1. The summed E-state index contributed by atoms with van der Waals surface area (Å²) in [5.74, 6) is 2.05. The highest BCUT2D eigenvalue weighted by Gasteiger charge is 2.42. The minimum absolute atomic E-state index is 0.181. The van der Waals surface area contributed by atoms with Gasteiger partial charge in [-0.1, -0.05) is 26.2 Å². The van der Waals surface area contributed by atoms with Crippen LogP contribution in [0.2, 0.25) is 0 Å². The molecule has 23 heavy (non-hydrogen) atoms. The second-order valence-electron chi connectivity index (χ2n) is 7.18. The lowest BCUT2D eigenvalue weighted by Gasteiger charge is -2.32. The smallest absolute Gasteiger partial charge is 0.123 e.